The number of Topliss-reactive ketones (excluding diaryl/α,β-unsaturated/α-hetero) is 1. The fourth-order valence-electron chi connectivity index (χ4n) is 5.15. The molecule has 12 atom stereocenters. The Hall–Kier alpha value is -0.650. The van der Waals surface area contributed by atoms with E-state index in [-0.39, 0.29) is 30.5 Å². The minimum Gasteiger partial charge on any atom is -0.394 e. The van der Waals surface area contributed by atoms with Crippen molar-refractivity contribution in [3.63, 3.8) is 0 Å². The molecule has 2 saturated heterocycles. The zero-order valence-electron chi connectivity index (χ0n) is 18.4. The first-order valence-electron chi connectivity index (χ1n) is 10.8. The molecule has 176 valence electrons. The van der Waals surface area contributed by atoms with E-state index in [0.717, 1.165) is 6.42 Å². The number of ether oxygens (including phenoxy) is 2. The van der Waals surface area contributed by atoms with Crippen molar-refractivity contribution < 1.29 is 44.9 Å². The third-order valence-electron chi connectivity index (χ3n) is 7.28. The second-order valence-corrected chi connectivity index (χ2v) is 9.06. The molecule has 2 aliphatic heterocycles. The van der Waals surface area contributed by atoms with Crippen molar-refractivity contribution in [2.45, 2.75) is 102 Å². The Morgan fingerprint density at radius 2 is 1.73 bits per heavy atom. The molecule has 0 saturated carbocycles. The van der Waals surface area contributed by atoms with Gasteiger partial charge < -0.3 is 40.1 Å². The van der Waals surface area contributed by atoms with E-state index < -0.39 is 60.5 Å². The van der Waals surface area contributed by atoms with Crippen LogP contribution >= 0.6 is 0 Å². The van der Waals surface area contributed by atoms with Crippen LogP contribution in [0.25, 0.3) is 0 Å². The zero-order valence-corrected chi connectivity index (χ0v) is 18.4. The number of hydrogen-bond donors (Lipinski definition) is 6. The quantitative estimate of drug-likeness (QED) is 0.295. The average Bonchev–Trinajstić information content (AvgIpc) is 2.71. The molecule has 0 aliphatic carbocycles. The summed E-state index contributed by atoms with van der Waals surface area (Å²) in [6, 6.07) is 0. The minimum atomic E-state index is -1.89. The number of carbonyl (C=O) groups excluding carboxylic acids is 1. The summed E-state index contributed by atoms with van der Waals surface area (Å²) in [4.78, 5) is 12.8. The van der Waals surface area contributed by atoms with Crippen LogP contribution in [0.5, 0.6) is 0 Å². The first-order valence-corrected chi connectivity index (χ1v) is 10.8. The highest BCUT2D eigenvalue weighted by Gasteiger charge is 2.59. The number of aliphatic hydroxyl groups is 6. The first kappa shape index (κ1) is 25.6. The SMILES string of the molecule is CCC1O[C@@H](C)[C@H](C)C(C(O)[C@]2(C(C)=O)C[C@@H](O)[C@@H](O)C(C(O)C(O)CO)O2)[C@@H]1C. The molecule has 30 heavy (non-hydrogen) atoms. The Labute approximate surface area is 177 Å². The lowest BCUT2D eigenvalue weighted by Crippen LogP contribution is -2.69. The summed E-state index contributed by atoms with van der Waals surface area (Å²) >= 11 is 0. The summed E-state index contributed by atoms with van der Waals surface area (Å²) in [6.45, 7) is 8.18. The molecule has 0 aromatic carbocycles. The van der Waals surface area contributed by atoms with E-state index in [9.17, 15) is 30.3 Å². The maximum Gasteiger partial charge on any atom is 0.164 e. The fraction of sp³-hybridized carbons (Fsp3) is 0.952. The summed E-state index contributed by atoms with van der Waals surface area (Å²) in [5, 5.41) is 61.7. The summed E-state index contributed by atoms with van der Waals surface area (Å²) < 4.78 is 11.9. The van der Waals surface area contributed by atoms with Gasteiger partial charge in [0.25, 0.3) is 0 Å². The normalized spacial score (nSPS) is 45.6. The highest BCUT2D eigenvalue weighted by atomic mass is 16.6. The minimum absolute atomic E-state index is 0.119. The van der Waals surface area contributed by atoms with Crippen molar-refractivity contribution in [2.24, 2.45) is 17.8 Å². The van der Waals surface area contributed by atoms with Crippen molar-refractivity contribution in [3.05, 3.63) is 0 Å². The van der Waals surface area contributed by atoms with Crippen LogP contribution in [0.3, 0.4) is 0 Å². The van der Waals surface area contributed by atoms with Gasteiger partial charge in [0.1, 0.15) is 24.4 Å². The van der Waals surface area contributed by atoms with Crippen molar-refractivity contribution in [1.29, 1.82) is 0 Å². The predicted octanol–water partition coefficient (Wildman–Crippen LogP) is -1.01. The van der Waals surface area contributed by atoms with E-state index in [1.807, 2.05) is 27.7 Å². The number of rotatable bonds is 7. The molecule has 9 heteroatoms. The van der Waals surface area contributed by atoms with E-state index in [1.165, 1.54) is 6.92 Å². The molecule has 0 bridgehead atoms. The van der Waals surface area contributed by atoms with Gasteiger partial charge in [0.15, 0.2) is 11.4 Å². The third kappa shape index (κ3) is 4.45. The van der Waals surface area contributed by atoms with Gasteiger partial charge >= 0.3 is 0 Å². The van der Waals surface area contributed by atoms with Gasteiger partial charge in [0.05, 0.1) is 31.0 Å². The fourth-order valence-corrected chi connectivity index (χ4v) is 5.15. The molecule has 2 rings (SSSR count). The molecule has 0 spiro atoms. The molecule has 6 N–H and O–H groups in total. The summed E-state index contributed by atoms with van der Waals surface area (Å²) in [5.74, 6) is -1.21. The number of hydrogen-bond acceptors (Lipinski definition) is 9. The third-order valence-corrected chi connectivity index (χ3v) is 7.28. The van der Waals surface area contributed by atoms with Crippen LogP contribution in [0.15, 0.2) is 0 Å². The van der Waals surface area contributed by atoms with Crippen LogP contribution in [0.4, 0.5) is 0 Å². The molecule has 0 aromatic rings. The second-order valence-electron chi connectivity index (χ2n) is 9.06. The lowest BCUT2D eigenvalue weighted by molar-refractivity contribution is -0.280. The summed E-state index contributed by atoms with van der Waals surface area (Å²) in [5.41, 5.74) is -1.89. The Kier molecular flexibility index (Phi) is 8.43. The van der Waals surface area contributed by atoms with Gasteiger partial charge in [-0.3, -0.25) is 4.79 Å². The Bertz CT molecular complexity index is 587. The van der Waals surface area contributed by atoms with E-state index in [1.54, 1.807) is 0 Å². The van der Waals surface area contributed by atoms with Crippen molar-refractivity contribution in [3.8, 4) is 0 Å². The highest BCUT2D eigenvalue weighted by molar-refractivity contribution is 5.86. The molecule has 6 unspecified atom stereocenters. The highest BCUT2D eigenvalue weighted by Crippen LogP contribution is 2.45. The monoisotopic (exact) mass is 434 g/mol. The van der Waals surface area contributed by atoms with Gasteiger partial charge in [-0.2, -0.15) is 0 Å². The van der Waals surface area contributed by atoms with Crippen LogP contribution < -0.4 is 0 Å². The molecule has 0 aromatic heterocycles. The molecule has 2 aliphatic rings. The van der Waals surface area contributed by atoms with Gasteiger partial charge in [-0.15, -0.1) is 0 Å². The predicted molar refractivity (Wildman–Crippen MR) is 106 cm³/mol. The Morgan fingerprint density at radius 1 is 1.13 bits per heavy atom. The van der Waals surface area contributed by atoms with Crippen LogP contribution in [-0.2, 0) is 14.3 Å². The second kappa shape index (κ2) is 9.87. The number of ketones is 1. The van der Waals surface area contributed by atoms with Crippen molar-refractivity contribution >= 4 is 5.78 Å². The van der Waals surface area contributed by atoms with Crippen LogP contribution in [-0.4, -0.2) is 97.5 Å². The lowest BCUT2D eigenvalue weighted by Gasteiger charge is -2.53. The van der Waals surface area contributed by atoms with Crippen LogP contribution in [0.2, 0.25) is 0 Å². The van der Waals surface area contributed by atoms with Crippen LogP contribution in [0, 0.1) is 17.8 Å². The molecule has 9 nitrogen and oxygen atoms in total. The summed E-state index contributed by atoms with van der Waals surface area (Å²) in [7, 11) is 0. The van der Waals surface area contributed by atoms with Gasteiger partial charge in [0.2, 0.25) is 0 Å². The Morgan fingerprint density at radius 3 is 2.23 bits per heavy atom. The molecule has 0 radical (unpaired) electrons. The molecular formula is C21H38O9. The van der Waals surface area contributed by atoms with Gasteiger partial charge in [-0.25, -0.2) is 0 Å². The molecular weight excluding hydrogens is 396 g/mol. The Balaban J connectivity index is 2.45. The topological polar surface area (TPSA) is 157 Å². The van der Waals surface area contributed by atoms with E-state index in [2.05, 4.69) is 0 Å². The zero-order chi connectivity index (χ0) is 23.0. The van der Waals surface area contributed by atoms with Gasteiger partial charge in [0, 0.05) is 6.42 Å². The van der Waals surface area contributed by atoms with Crippen molar-refractivity contribution in [1.82, 2.24) is 0 Å². The van der Waals surface area contributed by atoms with Crippen LogP contribution in [0.1, 0.15) is 47.5 Å². The number of aliphatic hydroxyl groups excluding tert-OH is 6. The van der Waals surface area contributed by atoms with Gasteiger partial charge in [-0.05, 0) is 38.0 Å². The molecule has 2 heterocycles. The number of carbonyl (C=O) groups is 1. The maximum atomic E-state index is 12.8. The summed E-state index contributed by atoms with van der Waals surface area (Å²) in [6.07, 6.45) is -9.35. The largest absolute Gasteiger partial charge is 0.394 e. The van der Waals surface area contributed by atoms with E-state index >= 15 is 0 Å². The molecule has 2 fully saturated rings. The first-order chi connectivity index (χ1) is 13.9. The smallest absolute Gasteiger partial charge is 0.164 e. The maximum absolute atomic E-state index is 12.8. The lowest BCUT2D eigenvalue weighted by atomic mass is 9.65. The van der Waals surface area contributed by atoms with Gasteiger partial charge in [-0.1, -0.05) is 20.8 Å². The van der Waals surface area contributed by atoms with E-state index in [0.29, 0.717) is 0 Å². The molecule has 0 amide bonds. The standard InChI is InChI=1S/C21H38O9/c1-6-15-10(3)16(9(2)11(4)29-15)20(28)21(12(5)23)7-13(24)17(26)19(30-21)18(27)14(25)8-22/h9-11,13-20,22,24-28H,6-8H2,1-5H3/t9-,10+,11-,13+,14?,15?,16?,17+,18?,19?,20?,21+/m0/s1. The van der Waals surface area contributed by atoms with E-state index in [4.69, 9.17) is 14.6 Å². The average molecular weight is 435 g/mol. The van der Waals surface area contributed by atoms with Crippen molar-refractivity contribution in [2.75, 3.05) is 6.61 Å².